The van der Waals surface area contributed by atoms with Crippen molar-refractivity contribution in [3.05, 3.63) is 22.7 Å². The molecular formula is C8H13NS. The molecule has 0 saturated heterocycles. The maximum atomic E-state index is 3.21. The first-order chi connectivity index (χ1) is 4.79. The maximum Gasteiger partial charge on any atom is 0.0216 e. The Morgan fingerprint density at radius 1 is 1.60 bits per heavy atom. The van der Waals surface area contributed by atoms with E-state index < -0.39 is 0 Å². The fraction of sp³-hybridized carbons (Fsp3) is 0.500. The molecule has 0 radical (unpaired) electrons. The second-order valence-electron chi connectivity index (χ2n) is 2.82. The predicted molar refractivity (Wildman–Crippen MR) is 47.4 cm³/mol. The smallest absolute Gasteiger partial charge is 0.0216 e. The Kier molecular flexibility index (Phi) is 2.87. The van der Waals surface area contributed by atoms with Gasteiger partial charge in [0.25, 0.3) is 0 Å². The van der Waals surface area contributed by atoms with Crippen LogP contribution in [0.4, 0.5) is 0 Å². The molecule has 0 fully saturated rings. The van der Waals surface area contributed by atoms with E-state index in [1.807, 2.05) is 11.6 Å². The van der Waals surface area contributed by atoms with Gasteiger partial charge in [0.15, 0.2) is 0 Å². The van der Waals surface area contributed by atoms with Crippen LogP contribution in [0.25, 0.3) is 0 Å². The van der Waals surface area contributed by atoms with Gasteiger partial charge in [0.2, 0.25) is 0 Å². The monoisotopic (exact) mass is 155 g/mol. The van der Waals surface area contributed by atoms with E-state index in [0.717, 1.165) is 12.3 Å². The van der Waals surface area contributed by atoms with Crippen molar-refractivity contribution in [1.82, 2.24) is 5.32 Å². The van der Waals surface area contributed by atoms with Crippen LogP contribution < -0.4 is 5.32 Å². The van der Waals surface area contributed by atoms with Gasteiger partial charge in [-0.3, -0.25) is 0 Å². The molecule has 0 atom stereocenters. The fourth-order valence-electron chi connectivity index (χ4n) is 0.883. The molecular weight excluding hydrogens is 142 g/mol. The number of rotatable bonds is 2. The quantitative estimate of drug-likeness (QED) is 0.658. The molecule has 0 saturated carbocycles. The van der Waals surface area contributed by atoms with Gasteiger partial charge in [-0.25, -0.2) is 0 Å². The van der Waals surface area contributed by atoms with Gasteiger partial charge in [0, 0.05) is 11.9 Å². The predicted octanol–water partition coefficient (Wildman–Crippen LogP) is 2.68. The molecule has 0 unspecified atom stereocenters. The Labute approximate surface area is 66.6 Å². The van der Waals surface area contributed by atoms with E-state index >= 15 is 0 Å². The zero-order valence-electron chi connectivity index (χ0n) is 6.42. The largest absolute Gasteiger partial charge is 0.364 e. The van der Waals surface area contributed by atoms with Gasteiger partial charge < -0.3 is 5.32 Å². The number of hydrogen-bond acceptors (Lipinski definition) is 2. The third-order valence-corrected chi connectivity index (χ3v) is 1.97. The minimum absolute atomic E-state index is 0.742. The van der Waals surface area contributed by atoms with Crippen LogP contribution in [-0.4, -0.2) is 0 Å². The summed E-state index contributed by atoms with van der Waals surface area (Å²) in [6, 6.07) is 0. The standard InChI is InChI=1S/C8H13NS/c1-7(2)5-8-6-10-4-3-9-8/h3-4,6-7,9H,5H2,1-2H3. The second-order valence-corrected chi connectivity index (χ2v) is 3.60. The van der Waals surface area contributed by atoms with Gasteiger partial charge in [-0.15, -0.1) is 11.8 Å². The summed E-state index contributed by atoms with van der Waals surface area (Å²) in [6.45, 7) is 4.46. The summed E-state index contributed by atoms with van der Waals surface area (Å²) in [5, 5.41) is 7.42. The molecule has 56 valence electrons. The number of hydrogen-bond donors (Lipinski definition) is 1. The molecule has 1 rings (SSSR count). The van der Waals surface area contributed by atoms with E-state index in [-0.39, 0.29) is 0 Å². The van der Waals surface area contributed by atoms with Crippen molar-refractivity contribution in [2.75, 3.05) is 0 Å². The Morgan fingerprint density at radius 3 is 2.90 bits per heavy atom. The highest BCUT2D eigenvalue weighted by molar-refractivity contribution is 8.04. The lowest BCUT2D eigenvalue weighted by atomic mass is 10.1. The lowest BCUT2D eigenvalue weighted by Gasteiger charge is -2.11. The van der Waals surface area contributed by atoms with Crippen LogP contribution in [0.5, 0.6) is 0 Å². The average Bonchev–Trinajstić information content (AvgIpc) is 1.88. The molecule has 0 aromatic heterocycles. The van der Waals surface area contributed by atoms with Gasteiger partial charge in [0.1, 0.15) is 0 Å². The minimum atomic E-state index is 0.742. The first-order valence-electron chi connectivity index (χ1n) is 3.55. The molecule has 2 heteroatoms. The summed E-state index contributed by atoms with van der Waals surface area (Å²) in [6.07, 6.45) is 3.14. The Morgan fingerprint density at radius 2 is 2.40 bits per heavy atom. The van der Waals surface area contributed by atoms with Crippen LogP contribution in [0.15, 0.2) is 22.7 Å². The average molecular weight is 155 g/mol. The normalized spacial score (nSPS) is 16.9. The van der Waals surface area contributed by atoms with E-state index in [9.17, 15) is 0 Å². The van der Waals surface area contributed by atoms with Crippen LogP contribution in [-0.2, 0) is 0 Å². The van der Waals surface area contributed by atoms with Gasteiger partial charge in [-0.1, -0.05) is 13.8 Å². The minimum Gasteiger partial charge on any atom is -0.364 e. The molecule has 0 aliphatic carbocycles. The number of allylic oxidation sites excluding steroid dienone is 1. The Hall–Kier alpha value is -0.370. The van der Waals surface area contributed by atoms with Crippen molar-refractivity contribution in [2.24, 2.45) is 5.92 Å². The summed E-state index contributed by atoms with van der Waals surface area (Å²) in [5.74, 6) is 0.742. The third-order valence-electron chi connectivity index (χ3n) is 1.25. The Balaban J connectivity index is 2.34. The molecule has 1 aliphatic heterocycles. The SMILES string of the molecule is CC(C)CC1=CSC=CN1. The van der Waals surface area contributed by atoms with Crippen molar-refractivity contribution in [2.45, 2.75) is 20.3 Å². The third kappa shape index (κ3) is 2.48. The number of nitrogens with one attached hydrogen (secondary N) is 1. The molecule has 1 N–H and O–H groups in total. The van der Waals surface area contributed by atoms with Crippen molar-refractivity contribution < 1.29 is 0 Å². The Bertz CT molecular complexity index is 159. The highest BCUT2D eigenvalue weighted by Gasteiger charge is 2.00. The van der Waals surface area contributed by atoms with E-state index in [4.69, 9.17) is 0 Å². The van der Waals surface area contributed by atoms with Crippen molar-refractivity contribution >= 4 is 11.8 Å². The van der Waals surface area contributed by atoms with E-state index in [0.29, 0.717) is 0 Å². The first-order valence-corrected chi connectivity index (χ1v) is 4.49. The van der Waals surface area contributed by atoms with Crippen molar-refractivity contribution in [3.63, 3.8) is 0 Å². The summed E-state index contributed by atoms with van der Waals surface area (Å²) in [7, 11) is 0. The second kappa shape index (κ2) is 3.71. The van der Waals surface area contributed by atoms with Crippen LogP contribution in [0.2, 0.25) is 0 Å². The molecule has 1 heterocycles. The molecule has 0 amide bonds. The molecule has 1 nitrogen and oxygen atoms in total. The summed E-state index contributed by atoms with van der Waals surface area (Å²) < 4.78 is 0. The number of thioether (sulfide) groups is 1. The summed E-state index contributed by atoms with van der Waals surface area (Å²) >= 11 is 1.74. The van der Waals surface area contributed by atoms with E-state index in [2.05, 4.69) is 24.6 Å². The molecule has 0 bridgehead atoms. The highest BCUT2D eigenvalue weighted by Crippen LogP contribution is 2.17. The highest BCUT2D eigenvalue weighted by atomic mass is 32.2. The molecule has 10 heavy (non-hydrogen) atoms. The van der Waals surface area contributed by atoms with Gasteiger partial charge in [-0.2, -0.15) is 0 Å². The molecule has 0 spiro atoms. The van der Waals surface area contributed by atoms with Gasteiger partial charge in [-0.05, 0) is 23.2 Å². The fourth-order valence-corrected chi connectivity index (χ4v) is 1.44. The van der Waals surface area contributed by atoms with Gasteiger partial charge in [0.05, 0.1) is 0 Å². The first kappa shape index (κ1) is 7.73. The van der Waals surface area contributed by atoms with Gasteiger partial charge >= 0.3 is 0 Å². The lowest BCUT2D eigenvalue weighted by Crippen LogP contribution is -2.08. The van der Waals surface area contributed by atoms with E-state index in [1.165, 1.54) is 5.70 Å². The zero-order valence-corrected chi connectivity index (χ0v) is 7.24. The van der Waals surface area contributed by atoms with Crippen LogP contribution in [0.1, 0.15) is 20.3 Å². The topological polar surface area (TPSA) is 12.0 Å². The van der Waals surface area contributed by atoms with Crippen molar-refractivity contribution in [1.29, 1.82) is 0 Å². The van der Waals surface area contributed by atoms with Crippen LogP contribution >= 0.6 is 11.8 Å². The summed E-state index contributed by atoms with van der Waals surface area (Å²) in [4.78, 5) is 0. The van der Waals surface area contributed by atoms with E-state index in [1.54, 1.807) is 11.8 Å². The zero-order chi connectivity index (χ0) is 7.40. The van der Waals surface area contributed by atoms with Crippen molar-refractivity contribution in [3.8, 4) is 0 Å². The lowest BCUT2D eigenvalue weighted by molar-refractivity contribution is 0.624. The van der Waals surface area contributed by atoms with Crippen LogP contribution in [0, 0.1) is 5.92 Å². The molecule has 1 aliphatic rings. The van der Waals surface area contributed by atoms with Crippen LogP contribution in [0.3, 0.4) is 0 Å². The maximum absolute atomic E-state index is 3.21. The summed E-state index contributed by atoms with van der Waals surface area (Å²) in [5.41, 5.74) is 1.34. The molecule has 0 aromatic carbocycles. The molecule has 0 aromatic rings.